The van der Waals surface area contributed by atoms with Crippen molar-refractivity contribution in [3.8, 4) is 11.5 Å². The molecular weight excluding hydrogens is 308 g/mol. The van der Waals surface area contributed by atoms with Gasteiger partial charge in [-0.2, -0.15) is 5.10 Å². The molecule has 0 bridgehead atoms. The average molecular weight is 330 g/mol. The van der Waals surface area contributed by atoms with Crippen LogP contribution in [0.3, 0.4) is 0 Å². The molecule has 2 aromatic rings. The second kappa shape index (κ2) is 6.82. The third kappa shape index (κ3) is 3.61. The first-order valence-corrected chi connectivity index (χ1v) is 7.91. The number of nitrogens with zero attached hydrogens (tertiary/aromatic N) is 3. The Bertz CT molecular complexity index is 728. The summed E-state index contributed by atoms with van der Waals surface area (Å²) >= 11 is 0. The summed E-state index contributed by atoms with van der Waals surface area (Å²) in [6.45, 7) is 3.57. The number of rotatable bonds is 4. The van der Waals surface area contributed by atoms with Gasteiger partial charge in [-0.3, -0.25) is 4.68 Å². The van der Waals surface area contributed by atoms with Crippen molar-refractivity contribution in [3.63, 3.8) is 0 Å². The van der Waals surface area contributed by atoms with E-state index in [0.29, 0.717) is 19.8 Å². The van der Waals surface area contributed by atoms with Crippen LogP contribution in [-0.4, -0.2) is 41.0 Å². The normalized spacial score (nSPS) is 14.1. The third-order valence-electron chi connectivity index (χ3n) is 3.93. The highest BCUT2D eigenvalue weighted by Gasteiger charge is 2.17. The van der Waals surface area contributed by atoms with Crippen LogP contribution in [0.15, 0.2) is 30.6 Å². The summed E-state index contributed by atoms with van der Waals surface area (Å²) in [5.41, 5.74) is 1.96. The molecule has 0 aliphatic carbocycles. The van der Waals surface area contributed by atoms with Gasteiger partial charge in [-0.05, 0) is 24.6 Å². The minimum absolute atomic E-state index is 0.135. The minimum atomic E-state index is -0.138. The van der Waals surface area contributed by atoms with Crippen LogP contribution in [0, 0.1) is 0 Å². The second-order valence-electron chi connectivity index (χ2n) is 5.95. The molecule has 24 heavy (non-hydrogen) atoms. The molecule has 1 atom stereocenters. The largest absolute Gasteiger partial charge is 0.486 e. The molecule has 2 amide bonds. The van der Waals surface area contributed by atoms with E-state index in [-0.39, 0.29) is 12.1 Å². The Kier molecular flexibility index (Phi) is 4.59. The number of aromatic nitrogens is 2. The standard InChI is InChI=1S/C17H22N4O3/c1-12(14-4-5-15-16(8-14)24-7-6-23-15)19-17(22)20(2)10-13-9-18-21(3)11-13/h4-5,8-9,11-12H,6-7,10H2,1-3H3,(H,19,22)/t12-/m0/s1. The van der Waals surface area contributed by atoms with Crippen molar-refractivity contribution in [1.29, 1.82) is 0 Å². The maximum absolute atomic E-state index is 12.4. The van der Waals surface area contributed by atoms with Crippen molar-refractivity contribution < 1.29 is 14.3 Å². The van der Waals surface area contributed by atoms with E-state index in [9.17, 15) is 4.79 Å². The average Bonchev–Trinajstić information content (AvgIpc) is 2.99. The highest BCUT2D eigenvalue weighted by molar-refractivity contribution is 5.74. The summed E-state index contributed by atoms with van der Waals surface area (Å²) in [5.74, 6) is 1.47. The van der Waals surface area contributed by atoms with Crippen LogP contribution in [0.4, 0.5) is 4.79 Å². The molecule has 1 aliphatic rings. The zero-order valence-electron chi connectivity index (χ0n) is 14.2. The molecule has 1 aromatic carbocycles. The van der Waals surface area contributed by atoms with Crippen LogP contribution in [0.5, 0.6) is 11.5 Å². The van der Waals surface area contributed by atoms with Gasteiger partial charge in [0, 0.05) is 25.9 Å². The van der Waals surface area contributed by atoms with Crippen LogP contribution in [0.1, 0.15) is 24.1 Å². The van der Waals surface area contributed by atoms with Crippen molar-refractivity contribution in [1.82, 2.24) is 20.0 Å². The molecule has 3 rings (SSSR count). The van der Waals surface area contributed by atoms with Gasteiger partial charge in [-0.25, -0.2) is 4.79 Å². The first-order valence-electron chi connectivity index (χ1n) is 7.91. The molecule has 0 unspecified atom stereocenters. The van der Waals surface area contributed by atoms with Gasteiger partial charge < -0.3 is 19.7 Å². The third-order valence-corrected chi connectivity index (χ3v) is 3.93. The monoisotopic (exact) mass is 330 g/mol. The number of amides is 2. The van der Waals surface area contributed by atoms with Gasteiger partial charge in [0.2, 0.25) is 0 Å². The van der Waals surface area contributed by atoms with E-state index >= 15 is 0 Å². The predicted octanol–water partition coefficient (Wildman–Crippen LogP) is 2.09. The van der Waals surface area contributed by atoms with Crippen molar-refractivity contribution in [2.24, 2.45) is 7.05 Å². The molecule has 0 fully saturated rings. The van der Waals surface area contributed by atoms with E-state index < -0.39 is 0 Å². The van der Waals surface area contributed by atoms with Gasteiger partial charge in [0.25, 0.3) is 0 Å². The summed E-state index contributed by atoms with van der Waals surface area (Å²) in [4.78, 5) is 14.0. The van der Waals surface area contributed by atoms with Crippen LogP contribution >= 0.6 is 0 Å². The molecule has 2 heterocycles. The number of hydrogen-bond donors (Lipinski definition) is 1. The van der Waals surface area contributed by atoms with E-state index in [2.05, 4.69) is 10.4 Å². The van der Waals surface area contributed by atoms with Crippen molar-refractivity contribution in [3.05, 3.63) is 41.7 Å². The number of aryl methyl sites for hydroxylation is 1. The molecular formula is C17H22N4O3. The lowest BCUT2D eigenvalue weighted by Crippen LogP contribution is -2.38. The molecule has 0 saturated carbocycles. The van der Waals surface area contributed by atoms with Crippen molar-refractivity contribution in [2.75, 3.05) is 20.3 Å². The fourth-order valence-electron chi connectivity index (χ4n) is 2.61. The lowest BCUT2D eigenvalue weighted by molar-refractivity contribution is 0.171. The lowest BCUT2D eigenvalue weighted by Gasteiger charge is -2.23. The highest BCUT2D eigenvalue weighted by atomic mass is 16.6. The number of fused-ring (bicyclic) bond motifs is 1. The van der Waals surface area contributed by atoms with E-state index in [0.717, 1.165) is 22.6 Å². The Balaban J connectivity index is 1.61. The fraction of sp³-hybridized carbons (Fsp3) is 0.412. The maximum Gasteiger partial charge on any atom is 0.317 e. The van der Waals surface area contributed by atoms with Gasteiger partial charge in [-0.1, -0.05) is 6.07 Å². The number of urea groups is 1. The van der Waals surface area contributed by atoms with Crippen LogP contribution in [0.25, 0.3) is 0 Å². The number of nitrogens with one attached hydrogen (secondary N) is 1. The number of carbonyl (C=O) groups excluding carboxylic acids is 1. The fourth-order valence-corrected chi connectivity index (χ4v) is 2.61. The second-order valence-corrected chi connectivity index (χ2v) is 5.95. The first kappa shape index (κ1) is 16.2. The minimum Gasteiger partial charge on any atom is -0.486 e. The Hall–Kier alpha value is -2.70. The molecule has 0 radical (unpaired) electrons. The first-order chi connectivity index (χ1) is 11.5. The van der Waals surface area contributed by atoms with Crippen LogP contribution in [-0.2, 0) is 13.6 Å². The van der Waals surface area contributed by atoms with Crippen LogP contribution < -0.4 is 14.8 Å². The zero-order chi connectivity index (χ0) is 17.1. The molecule has 1 aliphatic heterocycles. The zero-order valence-corrected chi connectivity index (χ0v) is 14.2. The molecule has 0 saturated heterocycles. The lowest BCUT2D eigenvalue weighted by atomic mass is 10.1. The van der Waals surface area contributed by atoms with Crippen molar-refractivity contribution >= 4 is 6.03 Å². The Labute approximate surface area is 141 Å². The van der Waals surface area contributed by atoms with E-state index in [1.54, 1.807) is 22.8 Å². The SMILES string of the molecule is C[C@H](NC(=O)N(C)Cc1cnn(C)c1)c1ccc2c(c1)OCCO2. The smallest absolute Gasteiger partial charge is 0.317 e. The molecule has 7 heteroatoms. The predicted molar refractivity (Wildman–Crippen MR) is 89.1 cm³/mol. The number of carbonyl (C=O) groups is 1. The Morgan fingerprint density at radius 3 is 2.83 bits per heavy atom. The van der Waals surface area contributed by atoms with Gasteiger partial charge in [0.15, 0.2) is 11.5 Å². The summed E-state index contributed by atoms with van der Waals surface area (Å²) in [7, 11) is 3.62. The summed E-state index contributed by atoms with van der Waals surface area (Å²) in [5, 5.41) is 7.10. The summed E-state index contributed by atoms with van der Waals surface area (Å²) < 4.78 is 12.8. The van der Waals surface area contributed by atoms with Gasteiger partial charge >= 0.3 is 6.03 Å². The van der Waals surface area contributed by atoms with E-state index in [4.69, 9.17) is 9.47 Å². The topological polar surface area (TPSA) is 68.6 Å². The molecule has 0 spiro atoms. The van der Waals surface area contributed by atoms with E-state index in [1.165, 1.54) is 0 Å². The highest BCUT2D eigenvalue weighted by Crippen LogP contribution is 2.32. The van der Waals surface area contributed by atoms with Crippen molar-refractivity contribution in [2.45, 2.75) is 19.5 Å². The summed E-state index contributed by atoms with van der Waals surface area (Å²) in [6, 6.07) is 5.47. The number of ether oxygens (including phenoxy) is 2. The van der Waals surface area contributed by atoms with Crippen LogP contribution in [0.2, 0.25) is 0 Å². The number of benzene rings is 1. The molecule has 128 valence electrons. The quantitative estimate of drug-likeness (QED) is 0.932. The molecule has 1 N–H and O–H groups in total. The molecule has 7 nitrogen and oxygen atoms in total. The van der Waals surface area contributed by atoms with Gasteiger partial charge in [0.1, 0.15) is 13.2 Å². The van der Waals surface area contributed by atoms with Gasteiger partial charge in [-0.15, -0.1) is 0 Å². The number of hydrogen-bond acceptors (Lipinski definition) is 4. The van der Waals surface area contributed by atoms with Gasteiger partial charge in [0.05, 0.1) is 18.8 Å². The molecule has 1 aromatic heterocycles. The Morgan fingerprint density at radius 1 is 1.38 bits per heavy atom. The summed E-state index contributed by atoms with van der Waals surface area (Å²) in [6.07, 6.45) is 3.65. The van der Waals surface area contributed by atoms with E-state index in [1.807, 2.05) is 38.4 Å². The maximum atomic E-state index is 12.4. The Morgan fingerprint density at radius 2 is 2.12 bits per heavy atom.